The highest BCUT2D eigenvalue weighted by molar-refractivity contribution is 5.30. The fraction of sp³-hybridized carbons (Fsp3) is 0.571. The quantitative estimate of drug-likeness (QED) is 0.858. The molecule has 3 atom stereocenters. The van der Waals surface area contributed by atoms with Crippen molar-refractivity contribution in [3.8, 4) is 5.75 Å². The smallest absolute Gasteiger partial charge is 0.167 e. The molecule has 0 saturated heterocycles. The zero-order valence-corrected chi connectivity index (χ0v) is 10.4. The van der Waals surface area contributed by atoms with Crippen LogP contribution in [0, 0.1) is 18.7 Å². The van der Waals surface area contributed by atoms with Gasteiger partial charge in [0.25, 0.3) is 0 Å². The second-order valence-electron chi connectivity index (χ2n) is 5.13. The van der Waals surface area contributed by atoms with Crippen LogP contribution in [0.5, 0.6) is 5.75 Å². The molecule has 1 saturated carbocycles. The highest BCUT2D eigenvalue weighted by atomic mass is 19.1. The molecule has 0 aromatic heterocycles. The molecule has 2 nitrogen and oxygen atoms in total. The Morgan fingerprint density at radius 1 is 1.35 bits per heavy atom. The summed E-state index contributed by atoms with van der Waals surface area (Å²) in [7, 11) is 0. The van der Waals surface area contributed by atoms with Gasteiger partial charge in [-0.1, -0.05) is 19.1 Å². The van der Waals surface area contributed by atoms with Crippen LogP contribution in [0.15, 0.2) is 18.2 Å². The first kappa shape index (κ1) is 12.4. The van der Waals surface area contributed by atoms with Gasteiger partial charge in [0.15, 0.2) is 11.6 Å². The number of hydrogen-bond donors (Lipinski definition) is 1. The van der Waals surface area contributed by atoms with Gasteiger partial charge in [-0.15, -0.1) is 0 Å². The Labute approximate surface area is 102 Å². The number of nitrogens with two attached hydrogens (primary N) is 1. The Balaban J connectivity index is 2.11. The third-order valence-electron chi connectivity index (χ3n) is 3.54. The summed E-state index contributed by atoms with van der Waals surface area (Å²) in [6.45, 7) is 3.93. The zero-order valence-electron chi connectivity index (χ0n) is 10.4. The van der Waals surface area contributed by atoms with E-state index in [-0.39, 0.29) is 18.0 Å². The molecule has 0 heterocycles. The van der Waals surface area contributed by atoms with Gasteiger partial charge in [-0.05, 0) is 43.7 Å². The van der Waals surface area contributed by atoms with Gasteiger partial charge < -0.3 is 10.5 Å². The van der Waals surface area contributed by atoms with Gasteiger partial charge in [0, 0.05) is 6.04 Å². The van der Waals surface area contributed by atoms with Crippen molar-refractivity contribution in [1.82, 2.24) is 0 Å². The van der Waals surface area contributed by atoms with Crippen molar-refractivity contribution in [2.24, 2.45) is 11.7 Å². The number of ether oxygens (including phenoxy) is 1. The van der Waals surface area contributed by atoms with E-state index in [0.717, 1.165) is 19.3 Å². The highest BCUT2D eigenvalue weighted by Gasteiger charge is 2.28. The normalized spacial score (nSPS) is 29.1. The largest absolute Gasteiger partial charge is 0.486 e. The molecule has 3 unspecified atom stereocenters. The van der Waals surface area contributed by atoms with Crippen LogP contribution in [0.1, 0.15) is 31.7 Å². The van der Waals surface area contributed by atoms with Gasteiger partial charge in [0.2, 0.25) is 0 Å². The molecule has 0 amide bonds. The number of benzene rings is 1. The summed E-state index contributed by atoms with van der Waals surface area (Å²) < 4.78 is 19.6. The van der Waals surface area contributed by atoms with E-state index in [4.69, 9.17) is 10.5 Å². The molecule has 2 N–H and O–H groups in total. The summed E-state index contributed by atoms with van der Waals surface area (Å²) in [6, 6.07) is 5.25. The van der Waals surface area contributed by atoms with Crippen LogP contribution in [0.25, 0.3) is 0 Å². The van der Waals surface area contributed by atoms with E-state index in [1.54, 1.807) is 19.1 Å². The van der Waals surface area contributed by atoms with Gasteiger partial charge in [0.1, 0.15) is 6.10 Å². The van der Waals surface area contributed by atoms with Crippen molar-refractivity contribution in [1.29, 1.82) is 0 Å². The Bertz CT molecular complexity index is 394. The molecule has 1 fully saturated rings. The number of rotatable bonds is 2. The van der Waals surface area contributed by atoms with Crippen LogP contribution in [-0.2, 0) is 0 Å². The van der Waals surface area contributed by atoms with Crippen molar-refractivity contribution in [3.63, 3.8) is 0 Å². The first-order chi connectivity index (χ1) is 8.08. The van der Waals surface area contributed by atoms with Crippen molar-refractivity contribution in [2.45, 2.75) is 45.3 Å². The summed E-state index contributed by atoms with van der Waals surface area (Å²) >= 11 is 0. The zero-order chi connectivity index (χ0) is 12.4. The maximum Gasteiger partial charge on any atom is 0.167 e. The molecule has 2 rings (SSSR count). The van der Waals surface area contributed by atoms with Gasteiger partial charge >= 0.3 is 0 Å². The minimum atomic E-state index is -0.266. The van der Waals surface area contributed by atoms with E-state index in [9.17, 15) is 4.39 Å². The molecule has 1 aromatic rings. The summed E-state index contributed by atoms with van der Waals surface area (Å²) in [5, 5.41) is 0. The van der Waals surface area contributed by atoms with Crippen LogP contribution >= 0.6 is 0 Å². The minimum Gasteiger partial charge on any atom is -0.486 e. The Morgan fingerprint density at radius 2 is 2.12 bits per heavy atom. The molecule has 0 aliphatic heterocycles. The molecule has 0 bridgehead atoms. The Morgan fingerprint density at radius 3 is 2.88 bits per heavy atom. The molecule has 1 aromatic carbocycles. The number of halogens is 1. The Kier molecular flexibility index (Phi) is 3.67. The third kappa shape index (κ3) is 2.78. The lowest BCUT2D eigenvalue weighted by Crippen LogP contribution is -2.43. The monoisotopic (exact) mass is 237 g/mol. The summed E-state index contributed by atoms with van der Waals surface area (Å²) in [4.78, 5) is 0. The first-order valence-corrected chi connectivity index (χ1v) is 6.25. The maximum absolute atomic E-state index is 13.8. The van der Waals surface area contributed by atoms with Crippen LogP contribution in [-0.4, -0.2) is 12.1 Å². The first-order valence-electron chi connectivity index (χ1n) is 6.25. The van der Waals surface area contributed by atoms with Crippen LogP contribution in [0.3, 0.4) is 0 Å². The van der Waals surface area contributed by atoms with Crippen molar-refractivity contribution < 1.29 is 9.13 Å². The second kappa shape index (κ2) is 5.05. The predicted molar refractivity (Wildman–Crippen MR) is 66.5 cm³/mol. The van der Waals surface area contributed by atoms with E-state index in [2.05, 4.69) is 6.92 Å². The molecule has 17 heavy (non-hydrogen) atoms. The fourth-order valence-corrected chi connectivity index (χ4v) is 2.36. The fourth-order valence-electron chi connectivity index (χ4n) is 2.36. The maximum atomic E-state index is 13.8. The predicted octanol–water partition coefficient (Wildman–Crippen LogP) is 3.03. The summed E-state index contributed by atoms with van der Waals surface area (Å²) in [5.74, 6) is 0.671. The van der Waals surface area contributed by atoms with E-state index in [0.29, 0.717) is 17.2 Å². The third-order valence-corrected chi connectivity index (χ3v) is 3.54. The van der Waals surface area contributed by atoms with Gasteiger partial charge in [-0.3, -0.25) is 0 Å². The SMILES string of the molecule is Cc1cccc(OC2CC(C)CCC2N)c1F. The molecule has 1 aliphatic carbocycles. The average molecular weight is 237 g/mol. The van der Waals surface area contributed by atoms with Crippen molar-refractivity contribution in [3.05, 3.63) is 29.6 Å². The molecular formula is C14H20FNO. The molecule has 0 spiro atoms. The molecule has 0 radical (unpaired) electrons. The highest BCUT2D eigenvalue weighted by Crippen LogP contribution is 2.28. The summed E-state index contributed by atoms with van der Waals surface area (Å²) in [5.41, 5.74) is 6.64. The van der Waals surface area contributed by atoms with E-state index in [1.165, 1.54) is 0 Å². The van der Waals surface area contributed by atoms with Crippen LogP contribution < -0.4 is 10.5 Å². The van der Waals surface area contributed by atoms with E-state index < -0.39 is 0 Å². The van der Waals surface area contributed by atoms with E-state index in [1.807, 2.05) is 6.07 Å². The van der Waals surface area contributed by atoms with Gasteiger partial charge in [0.05, 0.1) is 0 Å². The number of aryl methyl sites for hydroxylation is 1. The van der Waals surface area contributed by atoms with Crippen LogP contribution in [0.4, 0.5) is 4.39 Å². The van der Waals surface area contributed by atoms with Crippen molar-refractivity contribution >= 4 is 0 Å². The lowest BCUT2D eigenvalue weighted by atomic mass is 9.85. The van der Waals surface area contributed by atoms with Crippen LogP contribution in [0.2, 0.25) is 0 Å². The lowest BCUT2D eigenvalue weighted by Gasteiger charge is -2.32. The van der Waals surface area contributed by atoms with Gasteiger partial charge in [-0.2, -0.15) is 0 Å². The average Bonchev–Trinajstić information content (AvgIpc) is 2.30. The van der Waals surface area contributed by atoms with E-state index >= 15 is 0 Å². The Hall–Kier alpha value is -1.09. The molecule has 3 heteroatoms. The second-order valence-corrected chi connectivity index (χ2v) is 5.13. The molecule has 1 aliphatic rings. The number of hydrogen-bond acceptors (Lipinski definition) is 2. The topological polar surface area (TPSA) is 35.2 Å². The lowest BCUT2D eigenvalue weighted by molar-refractivity contribution is 0.103. The summed E-state index contributed by atoms with van der Waals surface area (Å²) in [6.07, 6.45) is 2.94. The minimum absolute atomic E-state index is 0.0195. The molecular weight excluding hydrogens is 217 g/mol. The molecule has 94 valence electrons. The van der Waals surface area contributed by atoms with Crippen molar-refractivity contribution in [2.75, 3.05) is 0 Å². The standard InChI is InChI=1S/C14H20FNO/c1-9-6-7-11(16)13(8-9)17-12-5-3-4-10(2)14(12)15/h3-5,9,11,13H,6-8,16H2,1-2H3. The van der Waals surface area contributed by atoms with Gasteiger partial charge in [-0.25, -0.2) is 4.39 Å².